The van der Waals surface area contributed by atoms with E-state index in [2.05, 4.69) is 22.5 Å². The van der Waals surface area contributed by atoms with E-state index in [9.17, 15) is 13.2 Å². The molecular formula is C19H25N3O3S2. The minimum Gasteiger partial charge on any atom is -0.349 e. The van der Waals surface area contributed by atoms with E-state index >= 15 is 0 Å². The van der Waals surface area contributed by atoms with Crippen molar-refractivity contribution in [2.45, 2.75) is 49.9 Å². The molecule has 2 heterocycles. The first-order valence-electron chi connectivity index (χ1n) is 9.51. The molecule has 1 aromatic carbocycles. The van der Waals surface area contributed by atoms with E-state index in [1.165, 1.54) is 24.6 Å². The van der Waals surface area contributed by atoms with Gasteiger partial charge in [0.15, 0.2) is 15.0 Å². The molecule has 8 heteroatoms. The third-order valence-corrected chi connectivity index (χ3v) is 8.71. The summed E-state index contributed by atoms with van der Waals surface area (Å²) < 4.78 is 23.3. The zero-order valence-electron chi connectivity index (χ0n) is 15.3. The van der Waals surface area contributed by atoms with Gasteiger partial charge in [0.2, 0.25) is 0 Å². The summed E-state index contributed by atoms with van der Waals surface area (Å²) in [6.45, 7) is 2.27. The number of aliphatic imine (C=N–C) groups is 1. The lowest BCUT2D eigenvalue weighted by Gasteiger charge is -2.26. The van der Waals surface area contributed by atoms with Crippen LogP contribution in [-0.2, 0) is 9.84 Å². The molecular weight excluding hydrogens is 382 g/mol. The molecule has 146 valence electrons. The molecule has 27 heavy (non-hydrogen) atoms. The monoisotopic (exact) mass is 407 g/mol. The van der Waals surface area contributed by atoms with Crippen molar-refractivity contribution in [3.05, 3.63) is 29.8 Å². The molecule has 1 aromatic rings. The van der Waals surface area contributed by atoms with Crippen molar-refractivity contribution < 1.29 is 13.2 Å². The molecule has 0 spiro atoms. The Labute approximate surface area is 164 Å². The quantitative estimate of drug-likeness (QED) is 0.804. The van der Waals surface area contributed by atoms with Crippen molar-refractivity contribution in [2.75, 3.05) is 16.8 Å². The summed E-state index contributed by atoms with van der Waals surface area (Å²) in [4.78, 5) is 16.9. The highest BCUT2D eigenvalue weighted by Gasteiger charge is 2.42. The van der Waals surface area contributed by atoms with Gasteiger partial charge in [-0.05, 0) is 55.9 Å². The molecule has 6 nitrogen and oxygen atoms in total. The molecule has 3 aliphatic rings. The average molecular weight is 408 g/mol. The number of nitrogens with one attached hydrogen (secondary N) is 2. The first-order chi connectivity index (χ1) is 12.9. The van der Waals surface area contributed by atoms with Gasteiger partial charge < -0.3 is 10.6 Å². The second-order valence-corrected chi connectivity index (χ2v) is 11.2. The van der Waals surface area contributed by atoms with Crippen LogP contribution in [0.2, 0.25) is 0 Å². The number of carbonyl (C=O) groups excluding carboxylic acids is 1. The number of rotatable bonds is 3. The Kier molecular flexibility index (Phi) is 5.20. The maximum absolute atomic E-state index is 12.4. The number of nitrogens with zero attached hydrogens (tertiary/aromatic N) is 1. The fraction of sp³-hybridized carbons (Fsp3) is 0.579. The van der Waals surface area contributed by atoms with Crippen molar-refractivity contribution in [2.24, 2.45) is 10.9 Å². The summed E-state index contributed by atoms with van der Waals surface area (Å²) >= 11 is 1.49. The molecule has 2 fully saturated rings. The van der Waals surface area contributed by atoms with Crippen molar-refractivity contribution in [1.29, 1.82) is 0 Å². The fourth-order valence-electron chi connectivity index (χ4n) is 3.92. The highest BCUT2D eigenvalue weighted by molar-refractivity contribution is 8.15. The van der Waals surface area contributed by atoms with Crippen LogP contribution in [0.3, 0.4) is 0 Å². The third kappa shape index (κ3) is 4.48. The van der Waals surface area contributed by atoms with Gasteiger partial charge in [-0.1, -0.05) is 18.7 Å². The van der Waals surface area contributed by atoms with Crippen LogP contribution in [-0.4, -0.2) is 48.3 Å². The van der Waals surface area contributed by atoms with Crippen LogP contribution in [0.5, 0.6) is 0 Å². The topological polar surface area (TPSA) is 87.6 Å². The summed E-state index contributed by atoms with van der Waals surface area (Å²) in [6.07, 6.45) is 4.47. The van der Waals surface area contributed by atoms with Crippen LogP contribution < -0.4 is 10.6 Å². The Morgan fingerprint density at radius 1 is 1.11 bits per heavy atom. The number of anilines is 1. The van der Waals surface area contributed by atoms with Crippen molar-refractivity contribution in [3.63, 3.8) is 0 Å². The van der Waals surface area contributed by atoms with Gasteiger partial charge >= 0.3 is 0 Å². The van der Waals surface area contributed by atoms with E-state index in [1.807, 2.05) is 24.3 Å². The number of hydrogen-bond acceptors (Lipinski definition) is 6. The molecule has 1 aliphatic carbocycles. The van der Waals surface area contributed by atoms with Crippen LogP contribution in [0.4, 0.5) is 5.69 Å². The minimum atomic E-state index is -2.93. The highest BCUT2D eigenvalue weighted by Crippen LogP contribution is 2.34. The summed E-state index contributed by atoms with van der Waals surface area (Å²) in [6, 6.07) is 7.51. The van der Waals surface area contributed by atoms with Crippen LogP contribution in [0.15, 0.2) is 29.3 Å². The highest BCUT2D eigenvalue weighted by atomic mass is 32.2. The van der Waals surface area contributed by atoms with Crippen LogP contribution in [0.1, 0.15) is 43.0 Å². The Morgan fingerprint density at radius 2 is 1.81 bits per heavy atom. The zero-order chi connectivity index (χ0) is 19.0. The fourth-order valence-corrected chi connectivity index (χ4v) is 7.59. The number of amidine groups is 1. The van der Waals surface area contributed by atoms with E-state index in [-0.39, 0.29) is 34.7 Å². The molecule has 0 aromatic heterocycles. The number of fused-ring (bicyclic) bond motifs is 1. The average Bonchev–Trinajstić information content (AvgIpc) is 3.10. The number of thioether (sulfide) groups is 1. The van der Waals surface area contributed by atoms with E-state index in [0.29, 0.717) is 5.56 Å². The van der Waals surface area contributed by atoms with Crippen molar-refractivity contribution in [1.82, 2.24) is 5.32 Å². The molecule has 1 saturated carbocycles. The Hall–Kier alpha value is -1.54. The van der Waals surface area contributed by atoms with Gasteiger partial charge in [-0.15, -0.1) is 0 Å². The second-order valence-electron chi connectivity index (χ2n) is 7.87. The van der Waals surface area contributed by atoms with E-state index in [1.54, 1.807) is 0 Å². The van der Waals surface area contributed by atoms with E-state index < -0.39 is 9.84 Å². The first-order valence-corrected chi connectivity index (χ1v) is 12.2. The van der Waals surface area contributed by atoms with Crippen molar-refractivity contribution >= 4 is 38.4 Å². The van der Waals surface area contributed by atoms with Gasteiger partial charge in [-0.25, -0.2) is 8.42 Å². The molecule has 2 atom stereocenters. The van der Waals surface area contributed by atoms with Gasteiger partial charge in [0.1, 0.15) is 0 Å². The standard InChI is InChI=1S/C19H25N3O3S2/c1-12-2-6-14(7-3-12)20-18(23)13-4-8-15(9-5-13)21-19-22-16-10-27(24,25)11-17(16)26-19/h4-5,8-9,12,14,16-17H,2-3,6-7,10-11H2,1H3,(H,20,23)(H,21,22)/t12?,14?,16-,17+/m0/s1. The van der Waals surface area contributed by atoms with Crippen molar-refractivity contribution in [3.8, 4) is 0 Å². The molecule has 0 radical (unpaired) electrons. The summed E-state index contributed by atoms with van der Waals surface area (Å²) in [5.74, 6) is 1.10. The lowest BCUT2D eigenvalue weighted by Crippen LogP contribution is -2.37. The van der Waals surface area contributed by atoms with Gasteiger partial charge in [0.25, 0.3) is 5.91 Å². The number of sulfone groups is 1. The first kappa shape index (κ1) is 18.8. The Bertz CT molecular complexity index is 843. The minimum absolute atomic E-state index is 0.0200. The predicted molar refractivity (Wildman–Crippen MR) is 110 cm³/mol. The number of hydrogen-bond donors (Lipinski definition) is 2. The third-order valence-electron chi connectivity index (χ3n) is 5.57. The van der Waals surface area contributed by atoms with Crippen LogP contribution in [0.25, 0.3) is 0 Å². The Balaban J connectivity index is 1.32. The molecule has 0 bridgehead atoms. The number of amides is 1. The van der Waals surface area contributed by atoms with Gasteiger partial charge in [-0.2, -0.15) is 0 Å². The van der Waals surface area contributed by atoms with Crippen LogP contribution in [0, 0.1) is 5.92 Å². The van der Waals surface area contributed by atoms with Gasteiger partial charge in [0, 0.05) is 22.5 Å². The maximum atomic E-state index is 12.4. The summed E-state index contributed by atoms with van der Waals surface area (Å²) in [5, 5.41) is 7.16. The number of benzene rings is 1. The predicted octanol–water partition coefficient (Wildman–Crippen LogP) is 2.68. The van der Waals surface area contributed by atoms with E-state index in [4.69, 9.17) is 0 Å². The lowest BCUT2D eigenvalue weighted by molar-refractivity contribution is 0.0923. The lowest BCUT2D eigenvalue weighted by atomic mass is 9.87. The molecule has 1 saturated heterocycles. The number of carbonyl (C=O) groups is 1. The zero-order valence-corrected chi connectivity index (χ0v) is 17.0. The SMILES string of the molecule is CC1CCC(NC(=O)c2ccc(NC3=N[C@H]4CS(=O)(=O)C[C@H]4S3)cc2)CC1. The van der Waals surface area contributed by atoms with Gasteiger partial charge in [-0.3, -0.25) is 9.79 Å². The largest absolute Gasteiger partial charge is 0.349 e. The Morgan fingerprint density at radius 3 is 2.48 bits per heavy atom. The molecule has 1 amide bonds. The van der Waals surface area contributed by atoms with E-state index in [0.717, 1.165) is 29.6 Å². The molecule has 4 rings (SSSR count). The summed E-state index contributed by atoms with van der Waals surface area (Å²) in [7, 11) is -2.93. The summed E-state index contributed by atoms with van der Waals surface area (Å²) in [5.41, 5.74) is 1.51. The molecule has 0 unspecified atom stereocenters. The maximum Gasteiger partial charge on any atom is 0.251 e. The molecule has 2 aliphatic heterocycles. The van der Waals surface area contributed by atoms with Gasteiger partial charge in [0.05, 0.1) is 17.5 Å². The molecule has 2 N–H and O–H groups in total. The second kappa shape index (κ2) is 7.47. The normalized spacial score (nSPS) is 31.8. The smallest absolute Gasteiger partial charge is 0.251 e. The van der Waals surface area contributed by atoms with Crippen LogP contribution >= 0.6 is 11.8 Å².